The minimum absolute atomic E-state index is 0.588. The van der Waals surface area contributed by atoms with E-state index in [1.165, 1.54) is 0 Å². The molecule has 136 valence electrons. The number of rotatable bonds is 6. The second-order valence-electron chi connectivity index (χ2n) is 5.95. The van der Waals surface area contributed by atoms with Crippen LogP contribution in [0, 0.1) is 0 Å². The predicted molar refractivity (Wildman–Crippen MR) is 119 cm³/mol. The summed E-state index contributed by atoms with van der Waals surface area (Å²) >= 11 is 5.68. The monoisotopic (exact) mass is 374 g/mol. The maximum Gasteiger partial charge on any atom is 0.178 e. The Morgan fingerprint density at radius 1 is 1.00 bits per heavy atom. The zero-order chi connectivity index (χ0) is 19.1. The van der Waals surface area contributed by atoms with Gasteiger partial charge in [-0.2, -0.15) is 0 Å². The number of nitrogens with zero attached hydrogens (tertiary/aromatic N) is 1. The molecule has 4 heteroatoms. The van der Waals surface area contributed by atoms with E-state index < -0.39 is 0 Å². The van der Waals surface area contributed by atoms with E-state index >= 15 is 0 Å². The molecule has 0 saturated carbocycles. The highest BCUT2D eigenvalue weighted by atomic mass is 32.1. The number of ether oxygens (including phenoxy) is 1. The summed E-state index contributed by atoms with van der Waals surface area (Å²) in [5, 5.41) is 3.93. The van der Waals surface area contributed by atoms with Crippen LogP contribution in [-0.4, -0.2) is 18.8 Å². The van der Waals surface area contributed by atoms with Gasteiger partial charge in [-0.15, -0.1) is 6.58 Å². The Balaban J connectivity index is 1.90. The van der Waals surface area contributed by atoms with E-state index in [9.17, 15) is 0 Å². The Hall–Kier alpha value is -3.11. The summed E-state index contributed by atoms with van der Waals surface area (Å²) in [5.74, 6) is 0.739. The van der Waals surface area contributed by atoms with Crippen LogP contribution in [0.5, 0.6) is 5.75 Å². The van der Waals surface area contributed by atoms with E-state index in [4.69, 9.17) is 17.0 Å². The minimum Gasteiger partial charge on any atom is -0.495 e. The van der Waals surface area contributed by atoms with Crippen molar-refractivity contribution in [3.05, 3.63) is 91.5 Å². The maximum absolute atomic E-state index is 5.68. The molecule has 0 bridgehead atoms. The quantitative estimate of drug-likeness (QED) is 0.438. The lowest BCUT2D eigenvalue weighted by Crippen LogP contribution is -2.34. The van der Waals surface area contributed by atoms with Gasteiger partial charge in [0.05, 0.1) is 12.8 Å². The normalized spacial score (nSPS) is 10.1. The van der Waals surface area contributed by atoms with Crippen LogP contribution in [0.2, 0.25) is 0 Å². The fourth-order valence-electron chi connectivity index (χ4n) is 2.84. The molecule has 0 aliphatic carbocycles. The molecule has 3 nitrogen and oxygen atoms in total. The van der Waals surface area contributed by atoms with Crippen LogP contribution >= 0.6 is 12.2 Å². The number of hydrogen-bond donors (Lipinski definition) is 1. The molecule has 0 radical (unpaired) electrons. The number of para-hydroxylation sites is 1. The molecule has 0 aromatic heterocycles. The Labute approximate surface area is 165 Å². The third-order valence-electron chi connectivity index (χ3n) is 4.17. The van der Waals surface area contributed by atoms with Crippen LogP contribution in [-0.2, 0) is 0 Å². The Kier molecular flexibility index (Phi) is 6.23. The highest BCUT2D eigenvalue weighted by Gasteiger charge is 2.13. The molecular weight excluding hydrogens is 352 g/mol. The largest absolute Gasteiger partial charge is 0.495 e. The summed E-state index contributed by atoms with van der Waals surface area (Å²) in [6.07, 6.45) is 1.83. The number of thiocarbonyl (C=S) groups is 1. The summed E-state index contributed by atoms with van der Waals surface area (Å²) in [7, 11) is 1.66. The van der Waals surface area contributed by atoms with Gasteiger partial charge in [-0.1, -0.05) is 60.7 Å². The van der Waals surface area contributed by atoms with Crippen LogP contribution in [0.25, 0.3) is 11.1 Å². The molecule has 0 unspecified atom stereocenters. The third kappa shape index (κ3) is 4.54. The fraction of sp³-hybridized carbons (Fsp3) is 0.0870. The highest BCUT2D eigenvalue weighted by molar-refractivity contribution is 7.80. The van der Waals surface area contributed by atoms with Gasteiger partial charge in [-0.05, 0) is 47.6 Å². The average molecular weight is 375 g/mol. The van der Waals surface area contributed by atoms with Crippen molar-refractivity contribution in [2.24, 2.45) is 0 Å². The first-order valence-electron chi connectivity index (χ1n) is 8.71. The molecule has 0 aliphatic heterocycles. The molecule has 0 amide bonds. The lowest BCUT2D eigenvalue weighted by molar-refractivity contribution is 0.417. The van der Waals surface area contributed by atoms with Crippen molar-refractivity contribution in [3.63, 3.8) is 0 Å². The zero-order valence-corrected chi connectivity index (χ0v) is 16.1. The molecule has 3 aromatic rings. The van der Waals surface area contributed by atoms with Crippen molar-refractivity contribution in [2.45, 2.75) is 0 Å². The first kappa shape index (κ1) is 18.7. The van der Waals surface area contributed by atoms with Gasteiger partial charge in [0.25, 0.3) is 0 Å². The fourth-order valence-corrected chi connectivity index (χ4v) is 3.13. The van der Waals surface area contributed by atoms with Crippen molar-refractivity contribution in [1.29, 1.82) is 0 Å². The van der Waals surface area contributed by atoms with Crippen LogP contribution in [0.1, 0.15) is 0 Å². The molecule has 0 heterocycles. The molecule has 3 aromatic carbocycles. The van der Waals surface area contributed by atoms with E-state index in [1.54, 1.807) is 7.11 Å². The highest BCUT2D eigenvalue weighted by Crippen LogP contribution is 2.31. The van der Waals surface area contributed by atoms with Gasteiger partial charge in [0, 0.05) is 12.2 Å². The summed E-state index contributed by atoms with van der Waals surface area (Å²) in [6, 6.07) is 26.3. The number of methoxy groups -OCH3 is 1. The lowest BCUT2D eigenvalue weighted by Gasteiger charge is -2.25. The summed E-state index contributed by atoms with van der Waals surface area (Å²) < 4.78 is 5.52. The topological polar surface area (TPSA) is 24.5 Å². The summed E-state index contributed by atoms with van der Waals surface area (Å²) in [4.78, 5) is 2.00. The number of benzene rings is 3. The SMILES string of the molecule is C=CCN(C(=S)Nc1cc(-c2ccccc2)ccc1OC)c1ccccc1. The van der Waals surface area contributed by atoms with Crippen LogP contribution < -0.4 is 15.0 Å². The van der Waals surface area contributed by atoms with Gasteiger partial charge in [0.2, 0.25) is 0 Å². The lowest BCUT2D eigenvalue weighted by atomic mass is 10.0. The first-order chi connectivity index (χ1) is 13.2. The standard InChI is InChI=1S/C23H22N2OS/c1-3-16-25(20-12-8-5-9-13-20)23(27)24-21-17-19(14-15-22(21)26-2)18-10-6-4-7-11-18/h3-15,17H,1,16H2,2H3,(H,24,27). The number of hydrogen-bond acceptors (Lipinski definition) is 2. The van der Waals surface area contributed by atoms with Gasteiger partial charge < -0.3 is 15.0 Å². The van der Waals surface area contributed by atoms with Crippen LogP contribution in [0.4, 0.5) is 11.4 Å². The van der Waals surface area contributed by atoms with Gasteiger partial charge in [0.15, 0.2) is 5.11 Å². The molecule has 1 N–H and O–H groups in total. The van der Waals surface area contributed by atoms with Gasteiger partial charge in [0.1, 0.15) is 5.75 Å². The van der Waals surface area contributed by atoms with Crippen molar-refractivity contribution in [1.82, 2.24) is 0 Å². The van der Waals surface area contributed by atoms with Crippen LogP contribution in [0.3, 0.4) is 0 Å². The maximum atomic E-state index is 5.68. The van der Waals surface area contributed by atoms with Crippen molar-refractivity contribution < 1.29 is 4.74 Å². The number of anilines is 2. The summed E-state index contributed by atoms with van der Waals surface area (Å²) in [6.45, 7) is 4.46. The number of nitrogens with one attached hydrogen (secondary N) is 1. The van der Waals surface area contributed by atoms with Crippen molar-refractivity contribution in [2.75, 3.05) is 23.9 Å². The van der Waals surface area contributed by atoms with Crippen LogP contribution in [0.15, 0.2) is 91.5 Å². The minimum atomic E-state index is 0.588. The Morgan fingerprint density at radius 3 is 2.30 bits per heavy atom. The molecule has 0 fully saturated rings. The van der Waals surface area contributed by atoms with Crippen molar-refractivity contribution >= 4 is 28.7 Å². The molecule has 0 spiro atoms. The first-order valence-corrected chi connectivity index (χ1v) is 9.11. The van der Waals surface area contributed by atoms with Gasteiger partial charge >= 0.3 is 0 Å². The van der Waals surface area contributed by atoms with E-state index in [-0.39, 0.29) is 0 Å². The van der Waals surface area contributed by atoms with E-state index in [0.717, 1.165) is 28.3 Å². The predicted octanol–water partition coefficient (Wildman–Crippen LogP) is 5.75. The van der Waals surface area contributed by atoms with E-state index in [0.29, 0.717) is 11.7 Å². The average Bonchev–Trinajstić information content (AvgIpc) is 2.73. The molecule has 27 heavy (non-hydrogen) atoms. The Bertz CT molecular complexity index is 910. The third-order valence-corrected chi connectivity index (χ3v) is 4.50. The molecule has 0 aliphatic rings. The zero-order valence-electron chi connectivity index (χ0n) is 15.3. The smallest absolute Gasteiger partial charge is 0.178 e. The van der Waals surface area contributed by atoms with Gasteiger partial charge in [-0.25, -0.2) is 0 Å². The summed E-state index contributed by atoms with van der Waals surface area (Å²) in [5.41, 5.74) is 4.07. The molecule has 0 saturated heterocycles. The van der Waals surface area contributed by atoms with Crippen molar-refractivity contribution in [3.8, 4) is 16.9 Å². The second kappa shape index (κ2) is 9.01. The van der Waals surface area contributed by atoms with E-state index in [1.807, 2.05) is 71.6 Å². The Morgan fingerprint density at radius 2 is 1.67 bits per heavy atom. The second-order valence-corrected chi connectivity index (χ2v) is 6.33. The molecule has 0 atom stereocenters. The van der Waals surface area contributed by atoms with E-state index in [2.05, 4.69) is 30.1 Å². The molecule has 3 rings (SSSR count). The molecular formula is C23H22N2OS. The van der Waals surface area contributed by atoms with Gasteiger partial charge in [-0.3, -0.25) is 0 Å².